The van der Waals surface area contributed by atoms with Crippen LogP contribution in [0.3, 0.4) is 0 Å². The van der Waals surface area contributed by atoms with E-state index >= 15 is 0 Å². The Hall–Kier alpha value is 1.74. The van der Waals surface area contributed by atoms with Gasteiger partial charge in [0.05, 0.1) is 0 Å². The smallest absolute Gasteiger partial charge is 0.0329 e. The summed E-state index contributed by atoms with van der Waals surface area (Å²) >= 11 is 0. The van der Waals surface area contributed by atoms with E-state index in [0.717, 1.165) is 0 Å². The van der Waals surface area contributed by atoms with Crippen LogP contribution >= 0.6 is 0 Å². The third-order valence-electron chi connectivity index (χ3n) is 9.69. The molecule has 144 valence electrons. The van der Waals surface area contributed by atoms with Gasteiger partial charge in [-0.15, -0.1) is 0 Å². The third-order valence-corrected chi connectivity index (χ3v) is 249. The fourth-order valence-electron chi connectivity index (χ4n) is 9.78. The zero-order valence-electron chi connectivity index (χ0n) is 20.0. The van der Waals surface area contributed by atoms with Gasteiger partial charge in [0, 0.05) is 56.9 Å². The Kier molecular flexibility index (Phi) is 5.58. The van der Waals surface area contributed by atoms with Crippen molar-refractivity contribution in [3.05, 3.63) is 0 Å². The van der Waals surface area contributed by atoms with E-state index in [1.807, 2.05) is 0 Å². The summed E-state index contributed by atoms with van der Waals surface area (Å²) in [4.78, 5) is 0. The number of hydrogen-bond acceptors (Lipinski definition) is 0. The maximum absolute atomic E-state index is 3.03. The van der Waals surface area contributed by atoms with Gasteiger partial charge in [-0.1, -0.05) is 105 Å². The molecule has 0 aromatic rings. The highest BCUT2D eigenvalue weighted by Gasteiger charge is 2.86. The predicted molar refractivity (Wildman–Crippen MR) is 140 cm³/mol. The normalized spacial score (nSPS) is 32.0. The molecule has 0 bridgehead atoms. The van der Waals surface area contributed by atoms with Crippen LogP contribution in [0.1, 0.15) is 0 Å². The van der Waals surface area contributed by atoms with Crippen molar-refractivity contribution in [2.24, 2.45) is 0 Å². The first-order chi connectivity index (χ1) is 10.0. The Morgan fingerprint density at radius 2 is 0.667 bits per heavy atom. The first-order valence-electron chi connectivity index (χ1n) is 10.0. The number of hydrogen-bond donors (Lipinski definition) is 0. The first-order valence-corrected chi connectivity index (χ1v) is 42.0. The van der Waals surface area contributed by atoms with Gasteiger partial charge in [-0.05, 0) is 0 Å². The van der Waals surface area contributed by atoms with Crippen molar-refractivity contribution in [1.29, 1.82) is 0 Å². The minimum absolute atomic E-state index is 1.08. The molecule has 0 spiro atoms. The molecule has 0 aromatic heterocycles. The molecule has 1 aliphatic heterocycles. The Morgan fingerprint density at radius 1 is 0.375 bits per heavy atom. The molecule has 1 saturated heterocycles. The first kappa shape index (κ1) is 23.8. The number of rotatable bonds is 3. The topological polar surface area (TPSA) is 0 Å². The lowest BCUT2D eigenvalue weighted by Gasteiger charge is -2.63. The van der Waals surface area contributed by atoms with Crippen LogP contribution in [0.4, 0.5) is 0 Å². The molecule has 0 aromatic carbocycles. The van der Waals surface area contributed by atoms with Crippen LogP contribution in [0.5, 0.6) is 0 Å². The fourth-order valence-corrected chi connectivity index (χ4v) is 487. The minimum Gasteiger partial charge on any atom is -0.0751 e. The molecular weight excluding hydrogens is 417 g/mol. The average Bonchev–Trinajstić information content (AvgIpc) is 2.27. The van der Waals surface area contributed by atoms with Crippen LogP contribution in [0.25, 0.3) is 0 Å². The standard InChI is InChI=1S/C16H48Si8/c1-17(2,3)23(16)20(10,11)21(12,13)24(18(4,5)6,19(7,8)9)22(23,14)15/h1-16H3. The minimum atomic E-state index is -1.16. The lowest BCUT2D eigenvalue weighted by molar-refractivity contribution is 1.77. The van der Waals surface area contributed by atoms with Crippen LogP contribution in [0, 0.1) is 0 Å². The van der Waals surface area contributed by atoms with E-state index in [0.29, 0.717) is 0 Å². The van der Waals surface area contributed by atoms with Gasteiger partial charge < -0.3 is 0 Å². The summed E-state index contributed by atoms with van der Waals surface area (Å²) in [7, 11) is -6.74. The largest absolute Gasteiger partial charge is 0.0751 e. The molecule has 0 aliphatic carbocycles. The molecule has 0 N–H and O–H groups in total. The van der Waals surface area contributed by atoms with Gasteiger partial charge in [0.2, 0.25) is 0 Å². The fraction of sp³-hybridized carbons (Fsp3) is 1.00. The van der Waals surface area contributed by atoms with Crippen LogP contribution in [-0.2, 0) is 0 Å². The Morgan fingerprint density at radius 3 is 0.792 bits per heavy atom. The van der Waals surface area contributed by atoms with Gasteiger partial charge in [0.1, 0.15) is 0 Å². The van der Waals surface area contributed by atoms with Crippen molar-refractivity contribution in [3.8, 4) is 0 Å². The van der Waals surface area contributed by atoms with Gasteiger partial charge in [-0.25, -0.2) is 0 Å². The zero-order chi connectivity index (χ0) is 20.0. The van der Waals surface area contributed by atoms with Crippen LogP contribution in [-0.4, -0.2) is 56.9 Å². The monoisotopic (exact) mass is 464 g/mol. The lowest BCUT2D eigenvalue weighted by Crippen LogP contribution is -2.93. The summed E-state index contributed by atoms with van der Waals surface area (Å²) in [5, 5.41) is 0. The quantitative estimate of drug-likeness (QED) is 0.430. The van der Waals surface area contributed by atoms with Gasteiger partial charge in [0.25, 0.3) is 0 Å². The van der Waals surface area contributed by atoms with Crippen molar-refractivity contribution in [2.75, 3.05) is 0 Å². The molecular formula is C16H48Si8. The van der Waals surface area contributed by atoms with Crippen molar-refractivity contribution in [1.82, 2.24) is 0 Å². The van der Waals surface area contributed by atoms with Crippen LogP contribution in [0.2, 0.25) is 105 Å². The second-order valence-corrected chi connectivity index (χ2v) is 112. The third kappa shape index (κ3) is 2.26. The molecule has 1 aliphatic rings. The Bertz CT molecular complexity index is 502. The maximum atomic E-state index is 3.03. The predicted octanol–water partition coefficient (Wildman–Crippen LogP) is 6.29. The highest BCUT2D eigenvalue weighted by atomic mass is 30.5. The van der Waals surface area contributed by atoms with Crippen molar-refractivity contribution >= 4 is 56.9 Å². The molecule has 1 fully saturated rings. The van der Waals surface area contributed by atoms with Crippen molar-refractivity contribution in [2.45, 2.75) is 105 Å². The summed E-state index contributed by atoms with van der Waals surface area (Å²) in [6, 6.07) is 0. The molecule has 1 unspecified atom stereocenters. The highest BCUT2D eigenvalue weighted by molar-refractivity contribution is 8.33. The summed E-state index contributed by atoms with van der Waals surface area (Å²) in [6.07, 6.45) is -1.16. The van der Waals surface area contributed by atoms with Gasteiger partial charge in [-0.3, -0.25) is 0 Å². The molecule has 24 heavy (non-hydrogen) atoms. The lowest BCUT2D eigenvalue weighted by atomic mass is 11.8. The average molecular weight is 465 g/mol. The molecule has 8 heteroatoms. The molecule has 1 rings (SSSR count). The Labute approximate surface area is 161 Å². The van der Waals surface area contributed by atoms with E-state index in [2.05, 4.69) is 105 Å². The SMILES string of the molecule is C[Si](C)(C)[Si]1(C)[Si](C)(C)[Si](C)(C)[Si]([Si](C)(C)C)([Si](C)(C)C)[Si]1(C)C. The second kappa shape index (κ2) is 5.63. The van der Waals surface area contributed by atoms with Gasteiger partial charge >= 0.3 is 0 Å². The molecule has 0 amide bonds. The summed E-state index contributed by atoms with van der Waals surface area (Å²) in [6.45, 7) is 45.5. The molecule has 0 nitrogen and oxygen atoms in total. The van der Waals surface area contributed by atoms with Crippen LogP contribution in [0.15, 0.2) is 0 Å². The van der Waals surface area contributed by atoms with Gasteiger partial charge in [-0.2, -0.15) is 0 Å². The molecule has 0 radical (unpaired) electrons. The van der Waals surface area contributed by atoms with Crippen molar-refractivity contribution < 1.29 is 0 Å². The highest BCUT2D eigenvalue weighted by Crippen LogP contribution is 2.59. The molecule has 1 heterocycles. The zero-order valence-corrected chi connectivity index (χ0v) is 28.0. The van der Waals surface area contributed by atoms with Crippen LogP contribution < -0.4 is 0 Å². The summed E-state index contributed by atoms with van der Waals surface area (Å²) in [5.74, 6) is 0. The summed E-state index contributed by atoms with van der Waals surface area (Å²) < 4.78 is 0. The van der Waals surface area contributed by atoms with Gasteiger partial charge in [0.15, 0.2) is 0 Å². The van der Waals surface area contributed by atoms with E-state index < -0.39 is 56.9 Å². The summed E-state index contributed by atoms with van der Waals surface area (Å²) in [5.41, 5.74) is 0. The van der Waals surface area contributed by atoms with E-state index in [4.69, 9.17) is 0 Å². The molecule has 0 saturated carbocycles. The maximum Gasteiger partial charge on any atom is 0.0329 e. The van der Waals surface area contributed by atoms with Crippen molar-refractivity contribution in [3.63, 3.8) is 0 Å². The van der Waals surface area contributed by atoms with E-state index in [9.17, 15) is 0 Å². The molecule has 1 atom stereocenters. The Balaban J connectivity index is 4.23. The van der Waals surface area contributed by atoms with E-state index in [1.54, 1.807) is 0 Å². The van der Waals surface area contributed by atoms with E-state index in [-0.39, 0.29) is 0 Å². The second-order valence-electron chi connectivity index (χ2n) is 13.5. The van der Waals surface area contributed by atoms with E-state index in [1.165, 1.54) is 0 Å².